The van der Waals surface area contributed by atoms with Gasteiger partial charge in [0.15, 0.2) is 0 Å². The summed E-state index contributed by atoms with van der Waals surface area (Å²) in [5, 5.41) is 19.9. The van der Waals surface area contributed by atoms with Crippen LogP contribution in [0.5, 0.6) is 0 Å². The van der Waals surface area contributed by atoms with E-state index in [0.29, 0.717) is 12.1 Å². The fraction of sp³-hybridized carbons (Fsp3) is 0.100. The van der Waals surface area contributed by atoms with Crippen molar-refractivity contribution >= 4 is 11.4 Å². The predicted molar refractivity (Wildman–Crippen MR) is 53.7 cm³/mol. The Labute approximate surface area is 98.8 Å². The van der Waals surface area contributed by atoms with Gasteiger partial charge in [-0.05, 0) is 18.2 Å². The number of nitrogens with one attached hydrogen (secondary N) is 1. The first kappa shape index (κ1) is 13.5. The van der Waals surface area contributed by atoms with E-state index in [4.69, 9.17) is 10.5 Å². The molecule has 0 atom stereocenters. The molecule has 0 bridgehead atoms. The van der Waals surface area contributed by atoms with Gasteiger partial charge >= 0.3 is 6.18 Å². The van der Waals surface area contributed by atoms with Gasteiger partial charge in [0, 0.05) is 0 Å². The van der Waals surface area contributed by atoms with E-state index in [1.807, 2.05) is 5.43 Å². The summed E-state index contributed by atoms with van der Waals surface area (Å²) in [6, 6.07) is 4.47. The van der Waals surface area contributed by atoms with Gasteiger partial charge in [-0.2, -0.15) is 28.8 Å². The van der Waals surface area contributed by atoms with Crippen LogP contribution in [0.2, 0.25) is 0 Å². The Bertz CT molecular complexity index is 547. The fourth-order valence-corrected chi connectivity index (χ4v) is 1.01. The third-order valence-electron chi connectivity index (χ3n) is 1.73. The maximum Gasteiger partial charge on any atom is 0.416 e. The highest BCUT2D eigenvalue weighted by Crippen LogP contribution is 2.31. The lowest BCUT2D eigenvalue weighted by Crippen LogP contribution is -2.06. The van der Waals surface area contributed by atoms with Crippen LogP contribution in [0.25, 0.3) is 0 Å². The largest absolute Gasteiger partial charge is 0.416 e. The molecule has 0 aliphatic carbocycles. The standard InChI is InChI=1S/C10H4F4N4/c11-7-1-6(10(12,13)14)2-8(3-7)17-18-9(4-15)5-16/h1-3,17H. The molecule has 8 heteroatoms. The van der Waals surface area contributed by atoms with Gasteiger partial charge in [0.1, 0.15) is 18.0 Å². The topological polar surface area (TPSA) is 72.0 Å². The molecule has 18 heavy (non-hydrogen) atoms. The molecule has 0 saturated carbocycles. The fourth-order valence-electron chi connectivity index (χ4n) is 1.01. The van der Waals surface area contributed by atoms with Crippen LogP contribution in [-0.2, 0) is 6.18 Å². The summed E-state index contributed by atoms with van der Waals surface area (Å²) in [5.74, 6) is -1.11. The SMILES string of the molecule is N#CC(C#N)=NNc1cc(F)cc(C(F)(F)F)c1. The first-order chi connectivity index (χ1) is 8.36. The molecule has 1 rings (SSSR count). The summed E-state index contributed by atoms with van der Waals surface area (Å²) < 4.78 is 50.0. The van der Waals surface area contributed by atoms with E-state index in [9.17, 15) is 17.6 Å². The van der Waals surface area contributed by atoms with Crippen molar-refractivity contribution in [2.24, 2.45) is 5.10 Å². The Morgan fingerprint density at radius 1 is 1.17 bits per heavy atom. The number of rotatable bonds is 2. The number of benzene rings is 1. The summed E-state index contributed by atoms with van der Waals surface area (Å²) >= 11 is 0. The van der Waals surface area contributed by atoms with Gasteiger partial charge in [-0.3, -0.25) is 5.43 Å². The zero-order chi connectivity index (χ0) is 13.8. The van der Waals surface area contributed by atoms with Crippen LogP contribution in [0.3, 0.4) is 0 Å². The van der Waals surface area contributed by atoms with Gasteiger partial charge in [0.05, 0.1) is 11.3 Å². The third-order valence-corrected chi connectivity index (χ3v) is 1.73. The van der Waals surface area contributed by atoms with Gasteiger partial charge in [-0.15, -0.1) is 0 Å². The Morgan fingerprint density at radius 2 is 1.78 bits per heavy atom. The zero-order valence-electron chi connectivity index (χ0n) is 8.59. The molecule has 0 radical (unpaired) electrons. The Morgan fingerprint density at radius 3 is 2.28 bits per heavy atom. The van der Waals surface area contributed by atoms with E-state index in [2.05, 4.69) is 5.10 Å². The second-order valence-electron chi connectivity index (χ2n) is 3.02. The Kier molecular flexibility index (Phi) is 3.85. The van der Waals surface area contributed by atoms with E-state index >= 15 is 0 Å². The number of hydrogen-bond acceptors (Lipinski definition) is 4. The Hall–Kier alpha value is -2.61. The maximum atomic E-state index is 12.9. The molecule has 0 aliphatic rings. The molecule has 92 valence electrons. The molecule has 0 saturated heterocycles. The molecule has 0 unspecified atom stereocenters. The van der Waals surface area contributed by atoms with Crippen LogP contribution in [0.4, 0.5) is 23.2 Å². The summed E-state index contributed by atoms with van der Waals surface area (Å²) in [6.45, 7) is 0. The van der Waals surface area contributed by atoms with Crippen molar-refractivity contribution in [1.29, 1.82) is 10.5 Å². The molecule has 0 spiro atoms. The van der Waals surface area contributed by atoms with Gasteiger partial charge in [-0.25, -0.2) is 4.39 Å². The van der Waals surface area contributed by atoms with Crippen LogP contribution >= 0.6 is 0 Å². The number of alkyl halides is 3. The smallest absolute Gasteiger partial charge is 0.276 e. The number of nitrogens with zero attached hydrogens (tertiary/aromatic N) is 3. The average molecular weight is 256 g/mol. The summed E-state index contributed by atoms with van der Waals surface area (Å²) in [6.07, 6.45) is -4.70. The van der Waals surface area contributed by atoms with Crippen LogP contribution in [-0.4, -0.2) is 5.71 Å². The summed E-state index contributed by atoms with van der Waals surface area (Å²) in [5.41, 5.74) is -0.100. The highest BCUT2D eigenvalue weighted by atomic mass is 19.4. The molecule has 0 amide bonds. The van der Waals surface area contributed by atoms with Crippen molar-refractivity contribution in [1.82, 2.24) is 0 Å². The summed E-state index contributed by atoms with van der Waals surface area (Å²) in [4.78, 5) is 0. The van der Waals surface area contributed by atoms with E-state index in [-0.39, 0.29) is 5.69 Å². The molecule has 1 aromatic carbocycles. The number of halogens is 4. The zero-order valence-corrected chi connectivity index (χ0v) is 8.59. The highest BCUT2D eigenvalue weighted by Gasteiger charge is 2.31. The lowest BCUT2D eigenvalue weighted by atomic mass is 10.2. The van der Waals surface area contributed by atoms with Crippen LogP contribution in [0, 0.1) is 28.5 Å². The van der Waals surface area contributed by atoms with Gasteiger partial charge < -0.3 is 0 Å². The van der Waals surface area contributed by atoms with E-state index < -0.39 is 23.3 Å². The maximum absolute atomic E-state index is 12.9. The molecule has 0 aromatic heterocycles. The van der Waals surface area contributed by atoms with Gasteiger partial charge in [-0.1, -0.05) is 0 Å². The van der Waals surface area contributed by atoms with Crippen molar-refractivity contribution in [2.75, 3.05) is 5.43 Å². The van der Waals surface area contributed by atoms with Crippen molar-refractivity contribution in [3.8, 4) is 12.1 Å². The minimum absolute atomic E-state index is 0.315. The van der Waals surface area contributed by atoms with E-state index in [0.717, 1.165) is 6.07 Å². The highest BCUT2D eigenvalue weighted by molar-refractivity contribution is 6.10. The Balaban J connectivity index is 3.06. The first-order valence-electron chi connectivity index (χ1n) is 4.38. The van der Waals surface area contributed by atoms with Crippen molar-refractivity contribution in [2.45, 2.75) is 6.18 Å². The molecule has 0 fully saturated rings. The quantitative estimate of drug-likeness (QED) is 0.502. The number of anilines is 1. The van der Waals surface area contributed by atoms with Crippen molar-refractivity contribution < 1.29 is 17.6 Å². The second-order valence-corrected chi connectivity index (χ2v) is 3.02. The third kappa shape index (κ3) is 3.46. The minimum Gasteiger partial charge on any atom is -0.276 e. The van der Waals surface area contributed by atoms with Crippen LogP contribution in [0.1, 0.15) is 5.56 Å². The first-order valence-corrected chi connectivity index (χ1v) is 4.38. The van der Waals surface area contributed by atoms with E-state index in [1.165, 1.54) is 12.1 Å². The normalized spacial score (nSPS) is 10.1. The minimum atomic E-state index is -4.70. The number of hydrazone groups is 1. The summed E-state index contributed by atoms with van der Waals surface area (Å²) in [7, 11) is 0. The van der Waals surface area contributed by atoms with Crippen LogP contribution in [0.15, 0.2) is 23.3 Å². The van der Waals surface area contributed by atoms with Crippen LogP contribution < -0.4 is 5.43 Å². The molecule has 1 N–H and O–H groups in total. The monoisotopic (exact) mass is 256 g/mol. The molecule has 4 nitrogen and oxygen atoms in total. The lowest BCUT2D eigenvalue weighted by Gasteiger charge is -2.08. The molecule has 0 aliphatic heterocycles. The predicted octanol–water partition coefficient (Wildman–Crippen LogP) is 2.66. The van der Waals surface area contributed by atoms with Crippen molar-refractivity contribution in [3.63, 3.8) is 0 Å². The molecular formula is C10H4F4N4. The van der Waals surface area contributed by atoms with E-state index in [1.54, 1.807) is 0 Å². The van der Waals surface area contributed by atoms with Crippen molar-refractivity contribution in [3.05, 3.63) is 29.6 Å². The average Bonchev–Trinajstić information content (AvgIpc) is 2.28. The second kappa shape index (κ2) is 5.15. The molecule has 1 aromatic rings. The number of nitriles is 2. The van der Waals surface area contributed by atoms with Gasteiger partial charge in [0.25, 0.3) is 0 Å². The molecular weight excluding hydrogens is 252 g/mol. The van der Waals surface area contributed by atoms with Gasteiger partial charge in [0.2, 0.25) is 5.71 Å². The number of hydrogen-bond donors (Lipinski definition) is 1. The lowest BCUT2D eigenvalue weighted by molar-refractivity contribution is -0.137. The molecule has 0 heterocycles.